The van der Waals surface area contributed by atoms with Gasteiger partial charge >= 0.3 is 0 Å². The maximum Gasteiger partial charge on any atom is 0.231 e. The highest BCUT2D eigenvalue weighted by Gasteiger charge is 2.45. The Kier molecular flexibility index (Phi) is 5.79. The van der Waals surface area contributed by atoms with Gasteiger partial charge in [0, 0.05) is 10.2 Å². The average molecular weight is 471 g/mol. The Hall–Kier alpha value is -2.12. The van der Waals surface area contributed by atoms with E-state index in [-0.39, 0.29) is 11.4 Å². The van der Waals surface area contributed by atoms with Gasteiger partial charge in [-0.15, -0.1) is 10.2 Å². The van der Waals surface area contributed by atoms with Gasteiger partial charge in [0.25, 0.3) is 0 Å². The smallest absolute Gasteiger partial charge is 0.231 e. The molecular weight excluding hydrogens is 448 g/mol. The van der Waals surface area contributed by atoms with Gasteiger partial charge in [0.05, 0.1) is 11.3 Å². The van der Waals surface area contributed by atoms with Gasteiger partial charge in [0.2, 0.25) is 5.91 Å². The highest BCUT2D eigenvalue weighted by molar-refractivity contribution is 9.10. The molecule has 5 nitrogen and oxygen atoms in total. The van der Waals surface area contributed by atoms with Crippen molar-refractivity contribution in [2.24, 2.45) is 0 Å². The summed E-state index contributed by atoms with van der Waals surface area (Å²) in [4.78, 5) is 12.6. The summed E-state index contributed by atoms with van der Waals surface area (Å²) in [5.41, 5.74) is 3.24. The summed E-state index contributed by atoms with van der Waals surface area (Å²) in [6.45, 7) is 4.35. The number of thioether (sulfide) groups is 1. The highest BCUT2D eigenvalue weighted by Crippen LogP contribution is 2.45. The molecule has 1 aromatic heterocycles. The van der Waals surface area contributed by atoms with Crippen molar-refractivity contribution in [3.05, 3.63) is 70.5 Å². The van der Waals surface area contributed by atoms with Gasteiger partial charge in [-0.25, -0.2) is 0 Å². The summed E-state index contributed by atoms with van der Waals surface area (Å²) in [5, 5.41) is 12.2. The zero-order chi connectivity index (χ0) is 20.4. The molecule has 1 saturated carbocycles. The number of hydrogen-bond acceptors (Lipinski definition) is 4. The lowest BCUT2D eigenvalue weighted by Crippen LogP contribution is -2.36. The van der Waals surface area contributed by atoms with Crippen molar-refractivity contribution in [3.8, 4) is 5.69 Å². The minimum absolute atomic E-state index is 0.0140. The second-order valence-electron chi connectivity index (χ2n) is 7.66. The number of halogens is 1. The first-order valence-corrected chi connectivity index (χ1v) is 11.4. The first-order valence-electron chi connectivity index (χ1n) is 9.67. The van der Waals surface area contributed by atoms with E-state index in [1.54, 1.807) is 6.33 Å². The number of rotatable bonds is 7. The molecule has 4 rings (SSSR count). The zero-order valence-corrected chi connectivity index (χ0v) is 18.8. The third-order valence-corrected chi connectivity index (χ3v) is 6.68. The van der Waals surface area contributed by atoms with E-state index in [4.69, 9.17) is 0 Å². The number of aromatic nitrogens is 3. The van der Waals surface area contributed by atoms with Crippen LogP contribution in [-0.2, 0) is 10.3 Å². The predicted octanol–water partition coefficient (Wildman–Crippen LogP) is 5.05. The van der Waals surface area contributed by atoms with Crippen LogP contribution < -0.4 is 5.32 Å². The number of hydrogen-bond donors (Lipinski definition) is 1. The molecule has 0 bridgehead atoms. The molecule has 1 N–H and O–H groups in total. The lowest BCUT2D eigenvalue weighted by atomic mass is 10.0. The molecule has 0 aliphatic heterocycles. The van der Waals surface area contributed by atoms with Gasteiger partial charge in [-0.1, -0.05) is 65.8 Å². The van der Waals surface area contributed by atoms with Crippen molar-refractivity contribution in [3.63, 3.8) is 0 Å². The van der Waals surface area contributed by atoms with Crippen LogP contribution in [-0.4, -0.2) is 26.4 Å². The summed E-state index contributed by atoms with van der Waals surface area (Å²) in [6.07, 6.45) is 3.64. The second-order valence-corrected chi connectivity index (χ2v) is 9.51. The fourth-order valence-electron chi connectivity index (χ4n) is 3.33. The molecule has 3 aromatic rings. The Morgan fingerprint density at radius 2 is 1.86 bits per heavy atom. The van der Waals surface area contributed by atoms with Gasteiger partial charge in [-0.2, -0.15) is 0 Å². The number of nitrogens with zero attached hydrogens (tertiary/aromatic N) is 3. The van der Waals surface area contributed by atoms with Gasteiger partial charge < -0.3 is 5.32 Å². The molecule has 1 aliphatic rings. The number of amides is 1. The molecule has 150 valence electrons. The number of carbonyl (C=O) groups excluding carboxylic acids is 1. The fourth-order valence-corrected chi connectivity index (χ4v) is 4.33. The molecule has 1 fully saturated rings. The van der Waals surface area contributed by atoms with Gasteiger partial charge in [-0.3, -0.25) is 9.36 Å². The van der Waals surface area contributed by atoms with Crippen LogP contribution in [0.2, 0.25) is 0 Å². The maximum absolute atomic E-state index is 12.6. The molecular formula is C22H23BrN4OS. The van der Waals surface area contributed by atoms with Crippen LogP contribution >= 0.6 is 27.7 Å². The van der Waals surface area contributed by atoms with E-state index < -0.39 is 0 Å². The summed E-state index contributed by atoms with van der Waals surface area (Å²) in [5.74, 6) is 0.809. The van der Waals surface area contributed by atoms with Crippen molar-refractivity contribution in [2.45, 2.75) is 43.3 Å². The van der Waals surface area contributed by atoms with Gasteiger partial charge in [0.15, 0.2) is 5.16 Å². The molecule has 0 radical (unpaired) electrons. The van der Waals surface area contributed by atoms with E-state index in [9.17, 15) is 4.79 Å². The van der Waals surface area contributed by atoms with E-state index in [1.165, 1.54) is 17.3 Å². The fraction of sp³-hybridized carbons (Fsp3) is 0.318. The first kappa shape index (κ1) is 20.2. The molecule has 1 aliphatic carbocycles. The average Bonchev–Trinajstić information content (AvgIpc) is 3.33. The summed E-state index contributed by atoms with van der Waals surface area (Å²) >= 11 is 4.86. The molecule has 7 heteroatoms. The molecule has 0 atom stereocenters. The van der Waals surface area contributed by atoms with Crippen LogP contribution in [0.25, 0.3) is 5.69 Å². The number of carbonyl (C=O) groups is 1. The first-order chi connectivity index (χ1) is 14.0. The standard InChI is InChI=1S/C22H23BrN4OS/c1-15(2)16-3-9-19(10-4-16)27-14-24-26-21(27)29-13-20(28)25-22(11-12-22)17-5-7-18(23)8-6-17/h3-10,14-15H,11-13H2,1-2H3,(H,25,28). The van der Waals surface area contributed by atoms with E-state index >= 15 is 0 Å². The van der Waals surface area contributed by atoms with Crippen LogP contribution in [0.5, 0.6) is 0 Å². The monoisotopic (exact) mass is 470 g/mol. The predicted molar refractivity (Wildman–Crippen MR) is 119 cm³/mol. The van der Waals surface area contributed by atoms with Crippen molar-refractivity contribution in [1.29, 1.82) is 0 Å². The van der Waals surface area contributed by atoms with Crippen LogP contribution in [0.1, 0.15) is 43.7 Å². The van der Waals surface area contributed by atoms with Crippen LogP contribution in [0, 0.1) is 0 Å². The highest BCUT2D eigenvalue weighted by atomic mass is 79.9. The normalized spacial score (nSPS) is 14.8. The Bertz CT molecular complexity index is 994. The van der Waals surface area contributed by atoms with Gasteiger partial charge in [0.1, 0.15) is 6.33 Å². The third-order valence-electron chi connectivity index (χ3n) is 5.21. The molecule has 0 spiro atoms. The Morgan fingerprint density at radius 3 is 2.48 bits per heavy atom. The van der Waals surface area contributed by atoms with E-state index in [0.29, 0.717) is 16.8 Å². The quantitative estimate of drug-likeness (QED) is 0.490. The van der Waals surface area contributed by atoms with E-state index in [2.05, 4.69) is 81.7 Å². The second kappa shape index (κ2) is 8.32. The minimum Gasteiger partial charge on any atom is -0.346 e. The summed E-state index contributed by atoms with van der Waals surface area (Å²) < 4.78 is 2.96. The van der Waals surface area contributed by atoms with Crippen molar-refractivity contribution in [2.75, 3.05) is 5.75 Å². The zero-order valence-electron chi connectivity index (χ0n) is 16.4. The van der Waals surface area contributed by atoms with E-state index in [1.807, 2.05) is 16.7 Å². The third kappa shape index (κ3) is 4.56. The summed E-state index contributed by atoms with van der Waals surface area (Å²) in [6, 6.07) is 16.5. The van der Waals surface area contributed by atoms with Crippen LogP contribution in [0.4, 0.5) is 0 Å². The topological polar surface area (TPSA) is 59.8 Å². The molecule has 0 unspecified atom stereocenters. The van der Waals surface area contributed by atoms with Crippen LogP contribution in [0.3, 0.4) is 0 Å². The van der Waals surface area contributed by atoms with Crippen molar-refractivity contribution in [1.82, 2.24) is 20.1 Å². The van der Waals surface area contributed by atoms with E-state index in [0.717, 1.165) is 28.6 Å². The largest absolute Gasteiger partial charge is 0.346 e. The molecule has 2 aromatic carbocycles. The molecule has 1 amide bonds. The van der Waals surface area contributed by atoms with Crippen molar-refractivity contribution >= 4 is 33.6 Å². The molecule has 0 saturated heterocycles. The van der Waals surface area contributed by atoms with Crippen LogP contribution in [0.15, 0.2) is 64.5 Å². The van der Waals surface area contributed by atoms with Crippen molar-refractivity contribution < 1.29 is 4.79 Å². The molecule has 29 heavy (non-hydrogen) atoms. The number of nitrogens with one attached hydrogen (secondary N) is 1. The SMILES string of the molecule is CC(C)c1ccc(-n2cnnc2SCC(=O)NC2(c3ccc(Br)cc3)CC2)cc1. The maximum atomic E-state index is 12.6. The lowest BCUT2D eigenvalue weighted by Gasteiger charge is -2.18. The number of benzene rings is 2. The summed E-state index contributed by atoms with van der Waals surface area (Å²) in [7, 11) is 0. The van der Waals surface area contributed by atoms with Gasteiger partial charge in [-0.05, 0) is 54.2 Å². The molecule has 1 heterocycles. The Labute approximate surface area is 183 Å². The Balaban J connectivity index is 1.39. The minimum atomic E-state index is -0.210. The lowest BCUT2D eigenvalue weighted by molar-refractivity contribution is -0.119. The Morgan fingerprint density at radius 1 is 1.17 bits per heavy atom.